The fraction of sp³-hybridized carbons (Fsp3) is 0.538. The van der Waals surface area contributed by atoms with Gasteiger partial charge in [0.05, 0.1) is 12.0 Å². The van der Waals surface area contributed by atoms with Gasteiger partial charge >= 0.3 is 0 Å². The Labute approximate surface area is 108 Å². The molecule has 2 atom stereocenters. The second-order valence-corrected chi connectivity index (χ2v) is 4.52. The average molecular weight is 251 g/mol. The first-order valence-electron chi connectivity index (χ1n) is 6.02. The van der Waals surface area contributed by atoms with Crippen molar-refractivity contribution in [1.82, 2.24) is 10.3 Å². The zero-order valence-electron chi connectivity index (χ0n) is 11.3. The van der Waals surface area contributed by atoms with E-state index in [4.69, 9.17) is 0 Å². The fourth-order valence-corrected chi connectivity index (χ4v) is 1.74. The van der Waals surface area contributed by atoms with Crippen LogP contribution in [0.25, 0.3) is 0 Å². The van der Waals surface area contributed by atoms with E-state index in [2.05, 4.69) is 10.3 Å². The molecule has 0 aromatic carbocycles. The molecule has 0 aliphatic heterocycles. The lowest BCUT2D eigenvalue weighted by atomic mass is 10.1. The number of aliphatic hydroxyl groups is 1. The molecule has 0 saturated heterocycles. The van der Waals surface area contributed by atoms with Crippen LogP contribution in [0.1, 0.15) is 25.5 Å². The highest BCUT2D eigenvalue weighted by Gasteiger charge is 2.15. The maximum atomic E-state index is 11.5. The Morgan fingerprint density at radius 1 is 1.56 bits per heavy atom. The highest BCUT2D eigenvalue weighted by Crippen LogP contribution is 2.17. The van der Waals surface area contributed by atoms with Crippen LogP contribution < -0.4 is 10.2 Å². The van der Waals surface area contributed by atoms with Gasteiger partial charge in [0, 0.05) is 26.8 Å². The predicted molar refractivity (Wildman–Crippen MR) is 71.4 cm³/mol. The molecule has 0 saturated carbocycles. The Morgan fingerprint density at radius 2 is 2.22 bits per heavy atom. The lowest BCUT2D eigenvalue weighted by Gasteiger charge is -2.22. The molecule has 0 fully saturated rings. The van der Waals surface area contributed by atoms with Crippen LogP contribution in [0.3, 0.4) is 0 Å². The number of carbonyl (C=O) groups is 1. The fourth-order valence-electron chi connectivity index (χ4n) is 1.74. The normalized spacial score (nSPS) is 13.8. The first-order valence-corrected chi connectivity index (χ1v) is 6.02. The number of carbonyl (C=O) groups excluding carboxylic acids is 1. The van der Waals surface area contributed by atoms with Gasteiger partial charge in [-0.05, 0) is 24.6 Å². The number of hydrogen-bond acceptors (Lipinski definition) is 4. The van der Waals surface area contributed by atoms with E-state index in [0.717, 1.165) is 11.4 Å². The maximum absolute atomic E-state index is 11.5. The van der Waals surface area contributed by atoms with Gasteiger partial charge in [-0.1, -0.05) is 6.92 Å². The first-order chi connectivity index (χ1) is 8.45. The molecule has 1 heterocycles. The van der Waals surface area contributed by atoms with Crippen molar-refractivity contribution in [2.75, 3.05) is 25.5 Å². The molecule has 1 amide bonds. The van der Waals surface area contributed by atoms with Crippen molar-refractivity contribution in [3.63, 3.8) is 0 Å². The van der Waals surface area contributed by atoms with Crippen molar-refractivity contribution in [2.45, 2.75) is 20.0 Å². The Morgan fingerprint density at radius 3 is 2.78 bits per heavy atom. The minimum Gasteiger partial charge on any atom is -0.389 e. The molecule has 0 bridgehead atoms. The summed E-state index contributed by atoms with van der Waals surface area (Å²) in [5.41, 5.74) is 0.819. The summed E-state index contributed by atoms with van der Waals surface area (Å²) in [6.45, 7) is 4.16. The summed E-state index contributed by atoms with van der Waals surface area (Å²) in [4.78, 5) is 17.6. The molecule has 2 N–H and O–H groups in total. The summed E-state index contributed by atoms with van der Waals surface area (Å²) in [5, 5.41) is 12.2. The van der Waals surface area contributed by atoms with E-state index >= 15 is 0 Å². The molecule has 5 heteroatoms. The molecule has 0 radical (unpaired) electrons. The molecular formula is C13H21N3O2. The second kappa shape index (κ2) is 6.35. The largest absolute Gasteiger partial charge is 0.389 e. The van der Waals surface area contributed by atoms with Crippen molar-refractivity contribution in [1.29, 1.82) is 0 Å². The zero-order chi connectivity index (χ0) is 13.7. The molecule has 0 aliphatic carbocycles. The van der Waals surface area contributed by atoms with Gasteiger partial charge in [0.1, 0.15) is 5.82 Å². The lowest BCUT2D eigenvalue weighted by molar-refractivity contribution is -0.123. The third kappa shape index (κ3) is 3.70. The molecular weight excluding hydrogens is 230 g/mol. The highest BCUT2D eigenvalue weighted by atomic mass is 16.3. The first kappa shape index (κ1) is 14.4. The predicted octanol–water partition coefficient (Wildman–Crippen LogP) is 0.953. The Balaban J connectivity index is 2.75. The summed E-state index contributed by atoms with van der Waals surface area (Å²) >= 11 is 0. The zero-order valence-corrected chi connectivity index (χ0v) is 11.3. The van der Waals surface area contributed by atoms with Crippen LogP contribution in [-0.4, -0.2) is 36.6 Å². The van der Waals surface area contributed by atoms with Gasteiger partial charge < -0.3 is 15.3 Å². The minimum atomic E-state index is -0.517. The van der Waals surface area contributed by atoms with E-state index < -0.39 is 6.10 Å². The molecule has 0 aliphatic rings. The number of aromatic nitrogens is 1. The highest BCUT2D eigenvalue weighted by molar-refractivity contribution is 5.78. The molecule has 5 nitrogen and oxygen atoms in total. The molecule has 0 spiro atoms. The molecule has 1 aromatic heterocycles. The summed E-state index contributed by atoms with van der Waals surface area (Å²) in [6, 6.07) is 3.62. The molecule has 1 rings (SSSR count). The molecule has 100 valence electrons. The van der Waals surface area contributed by atoms with Gasteiger partial charge in [-0.2, -0.15) is 0 Å². The number of anilines is 1. The van der Waals surface area contributed by atoms with E-state index in [0.29, 0.717) is 6.54 Å². The van der Waals surface area contributed by atoms with Crippen LogP contribution in [0.15, 0.2) is 18.3 Å². The van der Waals surface area contributed by atoms with Crippen LogP contribution >= 0.6 is 0 Å². The summed E-state index contributed by atoms with van der Waals surface area (Å²) in [6.07, 6.45) is 1.15. The van der Waals surface area contributed by atoms with E-state index in [1.54, 1.807) is 26.2 Å². The van der Waals surface area contributed by atoms with E-state index in [1.165, 1.54) is 0 Å². The monoisotopic (exact) mass is 251 g/mol. The minimum absolute atomic E-state index is 0.00790. The van der Waals surface area contributed by atoms with Crippen LogP contribution in [0, 0.1) is 5.92 Å². The number of nitrogens with one attached hydrogen (secondary N) is 1. The third-order valence-corrected chi connectivity index (χ3v) is 2.88. The Bertz CT molecular complexity index is 407. The van der Waals surface area contributed by atoms with Crippen molar-refractivity contribution in [3.8, 4) is 0 Å². The topological polar surface area (TPSA) is 65.5 Å². The molecule has 18 heavy (non-hydrogen) atoms. The second-order valence-electron chi connectivity index (χ2n) is 4.52. The summed E-state index contributed by atoms with van der Waals surface area (Å²) in [5.74, 6) is 0.648. The van der Waals surface area contributed by atoms with Crippen LogP contribution in [-0.2, 0) is 4.79 Å². The number of hydrogen-bond donors (Lipinski definition) is 2. The number of rotatable bonds is 5. The van der Waals surface area contributed by atoms with Gasteiger partial charge in [-0.25, -0.2) is 4.98 Å². The van der Waals surface area contributed by atoms with Crippen molar-refractivity contribution in [2.24, 2.45) is 5.92 Å². The van der Waals surface area contributed by atoms with Gasteiger partial charge in [-0.3, -0.25) is 4.79 Å². The van der Waals surface area contributed by atoms with Crippen molar-refractivity contribution in [3.05, 3.63) is 23.9 Å². The van der Waals surface area contributed by atoms with Crippen LogP contribution in [0.2, 0.25) is 0 Å². The van der Waals surface area contributed by atoms with E-state index in [-0.39, 0.29) is 11.8 Å². The number of aliphatic hydroxyl groups excluding tert-OH is 1. The standard InChI is InChI=1S/C13H21N3O2/c1-9(13(18)14-3)8-16(4)12-7-11(10(2)17)5-6-15-12/h5-7,9-10,17H,8H2,1-4H3,(H,14,18)/t9?,10-/m0/s1. The smallest absolute Gasteiger partial charge is 0.224 e. The third-order valence-electron chi connectivity index (χ3n) is 2.88. The maximum Gasteiger partial charge on any atom is 0.224 e. The van der Waals surface area contributed by atoms with Gasteiger partial charge in [0.15, 0.2) is 0 Å². The quantitative estimate of drug-likeness (QED) is 0.818. The summed E-state index contributed by atoms with van der Waals surface area (Å²) in [7, 11) is 3.51. The molecule has 1 unspecified atom stereocenters. The van der Waals surface area contributed by atoms with Gasteiger partial charge in [0.25, 0.3) is 0 Å². The van der Waals surface area contributed by atoms with E-state index in [1.807, 2.05) is 24.9 Å². The van der Waals surface area contributed by atoms with Crippen LogP contribution in [0.5, 0.6) is 0 Å². The average Bonchev–Trinajstić information content (AvgIpc) is 2.37. The molecule has 1 aromatic rings. The van der Waals surface area contributed by atoms with Gasteiger partial charge in [-0.15, -0.1) is 0 Å². The van der Waals surface area contributed by atoms with Crippen LogP contribution in [0.4, 0.5) is 5.82 Å². The van der Waals surface area contributed by atoms with Crippen molar-refractivity contribution < 1.29 is 9.90 Å². The Hall–Kier alpha value is -1.62. The number of amides is 1. The lowest BCUT2D eigenvalue weighted by Crippen LogP contribution is -2.34. The number of pyridine rings is 1. The SMILES string of the molecule is CNC(=O)C(C)CN(C)c1cc([C@H](C)O)ccn1. The number of nitrogens with zero attached hydrogens (tertiary/aromatic N) is 2. The Kier molecular flexibility index (Phi) is 5.09. The van der Waals surface area contributed by atoms with E-state index in [9.17, 15) is 9.90 Å². The van der Waals surface area contributed by atoms with Crippen molar-refractivity contribution >= 4 is 11.7 Å². The summed E-state index contributed by atoms with van der Waals surface area (Å²) < 4.78 is 0. The van der Waals surface area contributed by atoms with Gasteiger partial charge in [0.2, 0.25) is 5.91 Å².